The number of carbonyl (C=O) groups is 2. The van der Waals surface area contributed by atoms with Gasteiger partial charge in [0, 0.05) is 18.6 Å². The maximum absolute atomic E-state index is 12.2. The average Bonchev–Trinajstić information content (AvgIpc) is 2.88. The van der Waals surface area contributed by atoms with Crippen molar-refractivity contribution in [3.05, 3.63) is 35.4 Å². The highest BCUT2D eigenvalue weighted by atomic mass is 16.5. The van der Waals surface area contributed by atoms with Crippen molar-refractivity contribution >= 4 is 11.9 Å². The standard InChI is InChI=1S/C15H19NO4/c1-10(2)11-3-5-12(6-4-11)13(17)16-15(14(18)19)7-8-20-9-15/h3-6,10H,7-9H2,1-2H3,(H,16,17)(H,18,19). The molecule has 1 unspecified atom stereocenters. The van der Waals surface area contributed by atoms with E-state index in [2.05, 4.69) is 19.2 Å². The van der Waals surface area contributed by atoms with Crippen molar-refractivity contribution in [3.63, 3.8) is 0 Å². The minimum absolute atomic E-state index is 0.0121. The maximum Gasteiger partial charge on any atom is 0.331 e. The maximum atomic E-state index is 12.2. The number of nitrogens with one attached hydrogen (secondary N) is 1. The molecule has 2 N–H and O–H groups in total. The summed E-state index contributed by atoms with van der Waals surface area (Å²) < 4.78 is 5.11. The molecule has 0 bridgehead atoms. The number of ether oxygens (including phenoxy) is 1. The molecule has 0 radical (unpaired) electrons. The lowest BCUT2D eigenvalue weighted by Gasteiger charge is -2.23. The molecule has 108 valence electrons. The van der Waals surface area contributed by atoms with Gasteiger partial charge in [0.1, 0.15) is 0 Å². The molecule has 1 amide bonds. The monoisotopic (exact) mass is 277 g/mol. The van der Waals surface area contributed by atoms with E-state index in [1.807, 2.05) is 12.1 Å². The van der Waals surface area contributed by atoms with Crippen LogP contribution >= 0.6 is 0 Å². The minimum Gasteiger partial charge on any atom is -0.479 e. The number of benzene rings is 1. The Morgan fingerprint density at radius 2 is 1.95 bits per heavy atom. The van der Waals surface area contributed by atoms with Gasteiger partial charge in [-0.15, -0.1) is 0 Å². The fraction of sp³-hybridized carbons (Fsp3) is 0.467. The van der Waals surface area contributed by atoms with Crippen molar-refractivity contribution in [3.8, 4) is 0 Å². The van der Waals surface area contributed by atoms with Crippen LogP contribution in [0.15, 0.2) is 24.3 Å². The van der Waals surface area contributed by atoms with Crippen molar-refractivity contribution in [2.45, 2.75) is 31.7 Å². The van der Waals surface area contributed by atoms with E-state index in [0.717, 1.165) is 5.56 Å². The predicted octanol–water partition coefficient (Wildman–Crippen LogP) is 1.78. The number of rotatable bonds is 4. The van der Waals surface area contributed by atoms with E-state index in [4.69, 9.17) is 4.74 Å². The van der Waals surface area contributed by atoms with Crippen LogP contribution in [0.2, 0.25) is 0 Å². The Hall–Kier alpha value is -1.88. The molecular formula is C15H19NO4. The van der Waals surface area contributed by atoms with Crippen LogP contribution < -0.4 is 5.32 Å². The van der Waals surface area contributed by atoms with Gasteiger partial charge in [0.2, 0.25) is 0 Å². The van der Waals surface area contributed by atoms with Crippen LogP contribution in [0.1, 0.15) is 42.1 Å². The Morgan fingerprint density at radius 3 is 2.40 bits per heavy atom. The highest BCUT2D eigenvalue weighted by molar-refractivity contribution is 5.98. The number of aliphatic carboxylic acids is 1. The lowest BCUT2D eigenvalue weighted by atomic mass is 9.97. The SMILES string of the molecule is CC(C)c1ccc(C(=O)NC2(C(=O)O)CCOC2)cc1. The molecule has 5 heteroatoms. The molecule has 1 aliphatic heterocycles. The van der Waals surface area contributed by atoms with Gasteiger partial charge >= 0.3 is 5.97 Å². The zero-order chi connectivity index (χ0) is 14.8. The van der Waals surface area contributed by atoms with E-state index in [1.165, 1.54) is 0 Å². The summed E-state index contributed by atoms with van der Waals surface area (Å²) in [6.45, 7) is 4.51. The molecule has 5 nitrogen and oxygen atoms in total. The Morgan fingerprint density at radius 1 is 1.30 bits per heavy atom. The Kier molecular flexibility index (Phi) is 4.09. The van der Waals surface area contributed by atoms with Crippen LogP contribution in [0, 0.1) is 0 Å². The molecular weight excluding hydrogens is 258 g/mol. The number of amides is 1. The smallest absolute Gasteiger partial charge is 0.331 e. The van der Waals surface area contributed by atoms with Crippen molar-refractivity contribution in [2.75, 3.05) is 13.2 Å². The quantitative estimate of drug-likeness (QED) is 0.879. The van der Waals surface area contributed by atoms with E-state index in [-0.39, 0.29) is 18.9 Å². The first kappa shape index (κ1) is 14.5. The van der Waals surface area contributed by atoms with Crippen LogP contribution in [-0.2, 0) is 9.53 Å². The van der Waals surface area contributed by atoms with Crippen molar-refractivity contribution < 1.29 is 19.4 Å². The van der Waals surface area contributed by atoms with Crippen LogP contribution in [0.5, 0.6) is 0 Å². The summed E-state index contributed by atoms with van der Waals surface area (Å²) in [6.07, 6.45) is 0.290. The zero-order valence-electron chi connectivity index (χ0n) is 11.7. The summed E-state index contributed by atoms with van der Waals surface area (Å²) in [5, 5.41) is 11.9. The number of carbonyl (C=O) groups excluding carboxylic acids is 1. The van der Waals surface area contributed by atoms with Crippen LogP contribution in [0.25, 0.3) is 0 Å². The summed E-state index contributed by atoms with van der Waals surface area (Å²) in [4.78, 5) is 23.5. The number of hydrogen-bond donors (Lipinski definition) is 2. The molecule has 20 heavy (non-hydrogen) atoms. The fourth-order valence-corrected chi connectivity index (χ4v) is 2.19. The highest BCUT2D eigenvalue weighted by Gasteiger charge is 2.44. The summed E-state index contributed by atoms with van der Waals surface area (Å²) >= 11 is 0. The molecule has 1 atom stereocenters. The summed E-state index contributed by atoms with van der Waals surface area (Å²) in [5.74, 6) is -1.05. The normalized spacial score (nSPS) is 21.9. The van der Waals surface area contributed by atoms with Crippen LogP contribution in [-0.4, -0.2) is 35.7 Å². The van der Waals surface area contributed by atoms with Gasteiger partial charge in [-0.1, -0.05) is 26.0 Å². The lowest BCUT2D eigenvalue weighted by molar-refractivity contribution is -0.144. The fourth-order valence-electron chi connectivity index (χ4n) is 2.19. The number of hydrogen-bond acceptors (Lipinski definition) is 3. The first-order chi connectivity index (χ1) is 9.44. The second-order valence-electron chi connectivity index (χ2n) is 5.42. The van der Waals surface area contributed by atoms with Gasteiger partial charge < -0.3 is 15.2 Å². The van der Waals surface area contributed by atoms with E-state index < -0.39 is 11.5 Å². The van der Waals surface area contributed by atoms with Gasteiger partial charge in [-0.3, -0.25) is 4.79 Å². The molecule has 1 aromatic carbocycles. The van der Waals surface area contributed by atoms with Crippen LogP contribution in [0.3, 0.4) is 0 Å². The second kappa shape index (κ2) is 5.63. The van der Waals surface area contributed by atoms with Crippen molar-refractivity contribution in [1.82, 2.24) is 5.32 Å². The summed E-state index contributed by atoms with van der Waals surface area (Å²) in [6, 6.07) is 7.21. The van der Waals surface area contributed by atoms with E-state index in [9.17, 15) is 14.7 Å². The van der Waals surface area contributed by atoms with Crippen molar-refractivity contribution in [2.24, 2.45) is 0 Å². The van der Waals surface area contributed by atoms with Gasteiger partial charge in [0.25, 0.3) is 5.91 Å². The molecule has 0 saturated carbocycles. The second-order valence-corrected chi connectivity index (χ2v) is 5.42. The predicted molar refractivity (Wildman–Crippen MR) is 73.8 cm³/mol. The molecule has 1 heterocycles. The summed E-state index contributed by atoms with van der Waals surface area (Å²) in [7, 11) is 0. The van der Waals surface area contributed by atoms with Crippen molar-refractivity contribution in [1.29, 1.82) is 0 Å². The Balaban J connectivity index is 2.13. The van der Waals surface area contributed by atoms with E-state index in [1.54, 1.807) is 12.1 Å². The largest absolute Gasteiger partial charge is 0.479 e. The first-order valence-electron chi connectivity index (χ1n) is 6.68. The van der Waals surface area contributed by atoms with Gasteiger partial charge in [-0.2, -0.15) is 0 Å². The number of carboxylic acids is 1. The topological polar surface area (TPSA) is 75.6 Å². The molecule has 1 aliphatic rings. The highest BCUT2D eigenvalue weighted by Crippen LogP contribution is 2.20. The van der Waals surface area contributed by atoms with Gasteiger partial charge in [-0.25, -0.2) is 4.79 Å². The lowest BCUT2D eigenvalue weighted by Crippen LogP contribution is -2.55. The molecule has 1 saturated heterocycles. The molecule has 0 aliphatic carbocycles. The number of carboxylic acid groups (broad SMARTS) is 1. The average molecular weight is 277 g/mol. The molecule has 0 aromatic heterocycles. The summed E-state index contributed by atoms with van der Waals surface area (Å²) in [5.41, 5.74) is 0.300. The van der Waals surface area contributed by atoms with Gasteiger partial charge in [0.05, 0.1) is 6.61 Å². The Labute approximate surface area is 117 Å². The van der Waals surface area contributed by atoms with Gasteiger partial charge in [-0.05, 0) is 23.6 Å². The van der Waals surface area contributed by atoms with E-state index >= 15 is 0 Å². The molecule has 0 spiro atoms. The molecule has 1 fully saturated rings. The molecule has 2 rings (SSSR count). The zero-order valence-corrected chi connectivity index (χ0v) is 11.7. The minimum atomic E-state index is -1.30. The third-order valence-electron chi connectivity index (χ3n) is 3.62. The Bertz CT molecular complexity index is 501. The van der Waals surface area contributed by atoms with Crippen LogP contribution in [0.4, 0.5) is 0 Å². The third-order valence-corrected chi connectivity index (χ3v) is 3.62. The van der Waals surface area contributed by atoms with E-state index in [0.29, 0.717) is 18.1 Å². The molecule has 1 aromatic rings. The van der Waals surface area contributed by atoms with Gasteiger partial charge in [0.15, 0.2) is 5.54 Å². The first-order valence-corrected chi connectivity index (χ1v) is 6.68. The third kappa shape index (κ3) is 2.82.